The summed E-state index contributed by atoms with van der Waals surface area (Å²) in [4.78, 5) is 10.7. The first kappa shape index (κ1) is 16.2. The molecule has 7 heteroatoms. The van der Waals surface area contributed by atoms with Gasteiger partial charge in [-0.2, -0.15) is 0 Å². The zero-order chi connectivity index (χ0) is 17.1. The maximum Gasteiger partial charge on any atom is 0.341 e. The first-order valence-electron chi connectivity index (χ1n) is 6.99. The third kappa shape index (κ3) is 3.62. The van der Waals surface area contributed by atoms with Crippen LogP contribution in [0.5, 0.6) is 5.88 Å². The molecule has 1 heterocycles. The number of benzene rings is 2. The Morgan fingerprint density at radius 2 is 1.83 bits per heavy atom. The molecule has 1 N–H and O–H groups in total. The summed E-state index contributed by atoms with van der Waals surface area (Å²) in [5.74, 6) is -1.25. The second kappa shape index (κ2) is 6.84. The van der Waals surface area contributed by atoms with Crippen molar-refractivity contribution in [1.29, 1.82) is 0 Å². The molecule has 0 radical (unpaired) electrons. The van der Waals surface area contributed by atoms with Crippen molar-refractivity contribution in [3.8, 4) is 22.8 Å². The van der Waals surface area contributed by atoms with E-state index in [-0.39, 0.29) is 11.7 Å². The van der Waals surface area contributed by atoms with Crippen molar-refractivity contribution in [2.24, 2.45) is 0 Å². The highest BCUT2D eigenvalue weighted by Gasteiger charge is 2.13. The summed E-state index contributed by atoms with van der Waals surface area (Å²) in [7, 11) is 0. The maximum atomic E-state index is 13.2. The van der Waals surface area contributed by atoms with E-state index in [0.29, 0.717) is 11.4 Å². The normalized spacial score (nSPS) is 10.6. The fraction of sp³-hybridized carbons (Fsp3) is 0.0588. The van der Waals surface area contributed by atoms with Gasteiger partial charge in [0.05, 0.1) is 11.4 Å². The van der Waals surface area contributed by atoms with Gasteiger partial charge in [-0.1, -0.05) is 28.1 Å². The van der Waals surface area contributed by atoms with Gasteiger partial charge < -0.3 is 9.84 Å². The van der Waals surface area contributed by atoms with E-state index in [0.717, 1.165) is 10.0 Å². The Morgan fingerprint density at radius 3 is 2.46 bits per heavy atom. The van der Waals surface area contributed by atoms with Crippen LogP contribution in [0.15, 0.2) is 59.1 Å². The number of halogens is 2. The van der Waals surface area contributed by atoms with E-state index in [9.17, 15) is 9.18 Å². The van der Waals surface area contributed by atoms with Gasteiger partial charge in [0.1, 0.15) is 5.82 Å². The van der Waals surface area contributed by atoms with Crippen LogP contribution in [0.1, 0.15) is 0 Å². The SMILES string of the molecule is O=C(O)COc1cc(-c2ccc(Br)cc2)n(-c2ccc(F)cc2)n1. The Morgan fingerprint density at radius 1 is 1.17 bits per heavy atom. The Kier molecular flexibility index (Phi) is 4.61. The van der Waals surface area contributed by atoms with Crippen LogP contribution in [-0.4, -0.2) is 27.5 Å². The molecule has 0 aliphatic heterocycles. The van der Waals surface area contributed by atoms with Crippen LogP contribution in [0.3, 0.4) is 0 Å². The van der Waals surface area contributed by atoms with E-state index in [2.05, 4.69) is 21.0 Å². The molecule has 0 atom stereocenters. The van der Waals surface area contributed by atoms with Gasteiger partial charge in [-0.15, -0.1) is 5.10 Å². The van der Waals surface area contributed by atoms with Gasteiger partial charge in [0.25, 0.3) is 0 Å². The number of aromatic nitrogens is 2. The Labute approximate surface area is 145 Å². The van der Waals surface area contributed by atoms with Crippen molar-refractivity contribution >= 4 is 21.9 Å². The van der Waals surface area contributed by atoms with Crippen molar-refractivity contribution in [1.82, 2.24) is 9.78 Å². The number of carboxylic acid groups (broad SMARTS) is 1. The topological polar surface area (TPSA) is 64.3 Å². The maximum absolute atomic E-state index is 13.2. The fourth-order valence-corrected chi connectivity index (χ4v) is 2.44. The number of aliphatic carboxylic acids is 1. The minimum Gasteiger partial charge on any atom is -0.479 e. The van der Waals surface area contributed by atoms with Gasteiger partial charge >= 0.3 is 5.97 Å². The lowest BCUT2D eigenvalue weighted by molar-refractivity contribution is -0.139. The van der Waals surface area contributed by atoms with E-state index in [1.807, 2.05) is 24.3 Å². The smallest absolute Gasteiger partial charge is 0.341 e. The highest BCUT2D eigenvalue weighted by atomic mass is 79.9. The number of nitrogens with zero attached hydrogens (tertiary/aromatic N) is 2. The van der Waals surface area contributed by atoms with Gasteiger partial charge in [0.2, 0.25) is 5.88 Å². The van der Waals surface area contributed by atoms with E-state index >= 15 is 0 Å². The first-order valence-corrected chi connectivity index (χ1v) is 7.79. The number of ether oxygens (including phenoxy) is 1. The molecule has 0 aliphatic carbocycles. The highest BCUT2D eigenvalue weighted by Crippen LogP contribution is 2.28. The van der Waals surface area contributed by atoms with E-state index in [1.165, 1.54) is 12.1 Å². The Hall–Kier alpha value is -2.67. The van der Waals surface area contributed by atoms with E-state index in [4.69, 9.17) is 9.84 Å². The monoisotopic (exact) mass is 390 g/mol. The number of carboxylic acids is 1. The van der Waals surface area contributed by atoms with Crippen LogP contribution in [0.4, 0.5) is 4.39 Å². The second-order valence-corrected chi connectivity index (χ2v) is 5.86. The summed E-state index contributed by atoms with van der Waals surface area (Å²) < 4.78 is 20.8. The molecular formula is C17H12BrFN2O3. The highest BCUT2D eigenvalue weighted by molar-refractivity contribution is 9.10. The van der Waals surface area contributed by atoms with Gasteiger partial charge in [0.15, 0.2) is 6.61 Å². The molecule has 0 fully saturated rings. The molecule has 24 heavy (non-hydrogen) atoms. The third-order valence-electron chi connectivity index (χ3n) is 3.24. The van der Waals surface area contributed by atoms with Crippen molar-refractivity contribution in [2.75, 3.05) is 6.61 Å². The molecule has 2 aromatic carbocycles. The molecule has 3 aromatic rings. The van der Waals surface area contributed by atoms with Crippen molar-refractivity contribution in [2.45, 2.75) is 0 Å². The minimum absolute atomic E-state index is 0.180. The average molecular weight is 391 g/mol. The predicted molar refractivity (Wildman–Crippen MR) is 89.8 cm³/mol. The average Bonchev–Trinajstić information content (AvgIpc) is 2.98. The summed E-state index contributed by atoms with van der Waals surface area (Å²) in [6.07, 6.45) is 0. The largest absolute Gasteiger partial charge is 0.479 e. The zero-order valence-electron chi connectivity index (χ0n) is 12.3. The molecule has 1 aromatic heterocycles. The number of rotatable bonds is 5. The van der Waals surface area contributed by atoms with Crippen LogP contribution >= 0.6 is 15.9 Å². The quantitative estimate of drug-likeness (QED) is 0.717. The first-order chi connectivity index (χ1) is 11.5. The summed E-state index contributed by atoms with van der Waals surface area (Å²) in [5.41, 5.74) is 2.20. The van der Waals surface area contributed by atoms with Crippen LogP contribution in [0, 0.1) is 5.82 Å². The van der Waals surface area contributed by atoms with E-state index < -0.39 is 12.6 Å². The Bertz CT molecular complexity index is 798. The van der Waals surface area contributed by atoms with Crippen LogP contribution in [0.2, 0.25) is 0 Å². The molecule has 0 saturated heterocycles. The van der Waals surface area contributed by atoms with E-state index in [1.54, 1.807) is 22.9 Å². The molecule has 122 valence electrons. The molecule has 0 amide bonds. The van der Waals surface area contributed by atoms with Crippen LogP contribution in [-0.2, 0) is 4.79 Å². The summed E-state index contributed by atoms with van der Waals surface area (Å²) >= 11 is 3.38. The lowest BCUT2D eigenvalue weighted by Crippen LogP contribution is -2.10. The number of hydrogen-bond acceptors (Lipinski definition) is 3. The third-order valence-corrected chi connectivity index (χ3v) is 3.77. The summed E-state index contributed by atoms with van der Waals surface area (Å²) in [6.45, 7) is -0.486. The van der Waals surface area contributed by atoms with Crippen molar-refractivity contribution in [3.63, 3.8) is 0 Å². The Balaban J connectivity index is 2.05. The summed E-state index contributed by atoms with van der Waals surface area (Å²) in [6, 6.07) is 15.0. The lowest BCUT2D eigenvalue weighted by Gasteiger charge is -2.07. The molecule has 0 spiro atoms. The molecule has 0 bridgehead atoms. The van der Waals surface area contributed by atoms with Gasteiger partial charge in [0, 0.05) is 16.1 Å². The van der Waals surface area contributed by atoms with Crippen LogP contribution < -0.4 is 4.74 Å². The standard InChI is InChI=1S/C17H12BrFN2O3/c18-12-3-1-11(2-4-12)15-9-16(24-10-17(22)23)20-21(15)14-7-5-13(19)6-8-14/h1-9H,10H2,(H,22,23). The molecule has 3 rings (SSSR count). The lowest BCUT2D eigenvalue weighted by atomic mass is 10.1. The van der Waals surface area contributed by atoms with Crippen LogP contribution in [0.25, 0.3) is 16.9 Å². The minimum atomic E-state index is -1.09. The second-order valence-electron chi connectivity index (χ2n) is 4.95. The van der Waals surface area contributed by atoms with Crippen molar-refractivity contribution in [3.05, 3.63) is 64.9 Å². The number of hydrogen-bond donors (Lipinski definition) is 1. The molecule has 0 unspecified atom stereocenters. The predicted octanol–water partition coefficient (Wildman–Crippen LogP) is 3.90. The summed E-state index contributed by atoms with van der Waals surface area (Å²) in [5, 5.41) is 13.0. The molecule has 5 nitrogen and oxygen atoms in total. The number of carbonyl (C=O) groups is 1. The van der Waals surface area contributed by atoms with Gasteiger partial charge in [-0.25, -0.2) is 13.9 Å². The van der Waals surface area contributed by atoms with Crippen molar-refractivity contribution < 1.29 is 19.0 Å². The molecular weight excluding hydrogens is 379 g/mol. The molecule has 0 saturated carbocycles. The zero-order valence-corrected chi connectivity index (χ0v) is 13.9. The fourth-order valence-electron chi connectivity index (χ4n) is 2.17. The van der Waals surface area contributed by atoms with Gasteiger partial charge in [-0.3, -0.25) is 0 Å². The van der Waals surface area contributed by atoms with Gasteiger partial charge in [-0.05, 0) is 36.4 Å². The molecule has 0 aliphatic rings.